The first-order chi connectivity index (χ1) is 16.7. The smallest absolute Gasteiger partial charge is 0.496 e. The van der Waals surface area contributed by atoms with E-state index in [2.05, 4.69) is 25.6 Å². The van der Waals surface area contributed by atoms with Gasteiger partial charge in [-0.05, 0) is 49.4 Å². The van der Waals surface area contributed by atoms with Crippen LogP contribution in [0.4, 0.5) is 29.3 Å². The number of rotatable bonds is 9. The number of carbonyl (C=O) groups excluding carboxylic acids is 2. The molecule has 190 valence electrons. The highest BCUT2D eigenvalue weighted by Gasteiger charge is 2.31. The third-order valence-electron chi connectivity index (χ3n) is 5.09. The van der Waals surface area contributed by atoms with Gasteiger partial charge in [0.2, 0.25) is 0 Å². The minimum absolute atomic E-state index is 0.261. The Morgan fingerprint density at radius 1 is 1.03 bits per heavy atom. The van der Waals surface area contributed by atoms with E-state index in [-0.39, 0.29) is 17.3 Å². The predicted octanol–water partition coefficient (Wildman–Crippen LogP) is 3.69. The number of alkyl halides is 3. The molecule has 3 N–H and O–H groups in total. The lowest BCUT2D eigenvalue weighted by Gasteiger charge is -2.26. The number of nitrogens with one attached hydrogen (secondary N) is 3. The summed E-state index contributed by atoms with van der Waals surface area (Å²) in [5.74, 6) is -0.411. The van der Waals surface area contributed by atoms with Gasteiger partial charge in [0.05, 0.1) is 25.9 Å². The number of morpholine rings is 1. The van der Waals surface area contributed by atoms with Crippen molar-refractivity contribution >= 4 is 23.3 Å². The van der Waals surface area contributed by atoms with Crippen LogP contribution < -0.4 is 25.4 Å². The Bertz CT molecular complexity index is 996. The molecule has 0 unspecified atom stereocenters. The Labute approximate surface area is 200 Å². The fraction of sp³-hybridized carbons (Fsp3) is 0.391. The molecule has 1 aliphatic rings. The number of amides is 3. The predicted molar refractivity (Wildman–Crippen MR) is 123 cm³/mol. The SMILES string of the molecule is COc1cc(NC(=O)Nc2ccc(OC(F)(F)F)cc2)ccc1C(=O)NCCCN1CCOCC1. The van der Waals surface area contributed by atoms with E-state index in [0.29, 0.717) is 17.8 Å². The molecular formula is C23H27F3N4O5. The van der Waals surface area contributed by atoms with Gasteiger partial charge in [-0.15, -0.1) is 13.2 Å². The maximum Gasteiger partial charge on any atom is 0.573 e. The van der Waals surface area contributed by atoms with Crippen LogP contribution in [0.2, 0.25) is 0 Å². The molecule has 3 rings (SSSR count). The van der Waals surface area contributed by atoms with E-state index in [1.807, 2.05) is 0 Å². The lowest BCUT2D eigenvalue weighted by Crippen LogP contribution is -2.38. The first-order valence-corrected chi connectivity index (χ1v) is 10.9. The number of anilines is 2. The number of ether oxygens (including phenoxy) is 3. The van der Waals surface area contributed by atoms with Gasteiger partial charge < -0.3 is 30.2 Å². The van der Waals surface area contributed by atoms with Gasteiger partial charge in [0, 0.05) is 37.1 Å². The molecule has 2 aromatic rings. The molecule has 1 saturated heterocycles. The zero-order chi connectivity index (χ0) is 25.3. The second-order valence-corrected chi connectivity index (χ2v) is 7.63. The van der Waals surface area contributed by atoms with Crippen LogP contribution in [0, 0.1) is 0 Å². The van der Waals surface area contributed by atoms with Crippen molar-refractivity contribution in [1.29, 1.82) is 0 Å². The Morgan fingerprint density at radius 3 is 2.34 bits per heavy atom. The number of methoxy groups -OCH3 is 1. The highest BCUT2D eigenvalue weighted by atomic mass is 19.4. The molecule has 9 nitrogen and oxygen atoms in total. The second-order valence-electron chi connectivity index (χ2n) is 7.63. The van der Waals surface area contributed by atoms with Crippen LogP contribution >= 0.6 is 0 Å². The molecule has 0 radical (unpaired) electrons. The highest BCUT2D eigenvalue weighted by Crippen LogP contribution is 2.25. The number of nitrogens with zero attached hydrogens (tertiary/aromatic N) is 1. The zero-order valence-corrected chi connectivity index (χ0v) is 19.1. The molecule has 0 saturated carbocycles. The van der Waals surface area contributed by atoms with E-state index < -0.39 is 18.1 Å². The van der Waals surface area contributed by atoms with Crippen molar-refractivity contribution < 1.29 is 37.0 Å². The summed E-state index contributed by atoms with van der Waals surface area (Å²) in [5.41, 5.74) is 0.947. The Kier molecular flexibility index (Phi) is 9.15. The summed E-state index contributed by atoms with van der Waals surface area (Å²) in [6.45, 7) is 4.62. The van der Waals surface area contributed by atoms with Crippen LogP contribution in [0.25, 0.3) is 0 Å². The third kappa shape index (κ3) is 8.65. The maximum atomic E-state index is 12.6. The minimum atomic E-state index is -4.79. The number of benzene rings is 2. The van der Waals surface area contributed by atoms with Gasteiger partial charge in [-0.3, -0.25) is 9.69 Å². The van der Waals surface area contributed by atoms with Crippen LogP contribution in [0.1, 0.15) is 16.8 Å². The largest absolute Gasteiger partial charge is 0.573 e. The van der Waals surface area contributed by atoms with Crippen molar-refractivity contribution in [1.82, 2.24) is 10.2 Å². The molecule has 1 aliphatic heterocycles. The molecular weight excluding hydrogens is 469 g/mol. The van der Waals surface area contributed by atoms with Crippen LogP contribution in [0.15, 0.2) is 42.5 Å². The molecule has 3 amide bonds. The van der Waals surface area contributed by atoms with Crippen LogP contribution in [-0.2, 0) is 4.74 Å². The normalized spacial score (nSPS) is 14.2. The molecule has 1 heterocycles. The van der Waals surface area contributed by atoms with Crippen molar-refractivity contribution in [3.05, 3.63) is 48.0 Å². The number of halogens is 3. The molecule has 2 aromatic carbocycles. The zero-order valence-electron chi connectivity index (χ0n) is 19.1. The number of hydrogen-bond acceptors (Lipinski definition) is 6. The molecule has 0 bridgehead atoms. The van der Waals surface area contributed by atoms with Gasteiger partial charge in [0.15, 0.2) is 0 Å². The van der Waals surface area contributed by atoms with E-state index in [9.17, 15) is 22.8 Å². The Morgan fingerprint density at radius 2 is 1.69 bits per heavy atom. The van der Waals surface area contributed by atoms with Crippen molar-refractivity contribution in [3.8, 4) is 11.5 Å². The van der Waals surface area contributed by atoms with Crippen LogP contribution in [-0.4, -0.2) is 69.7 Å². The molecule has 0 spiro atoms. The number of carbonyl (C=O) groups is 2. The molecule has 0 atom stereocenters. The quantitative estimate of drug-likeness (QED) is 0.458. The fourth-order valence-electron chi connectivity index (χ4n) is 3.41. The average Bonchev–Trinajstić information content (AvgIpc) is 2.82. The first-order valence-electron chi connectivity index (χ1n) is 10.9. The van der Waals surface area contributed by atoms with Gasteiger partial charge in [-0.25, -0.2) is 4.79 Å². The topological polar surface area (TPSA) is 101 Å². The molecule has 0 aromatic heterocycles. The summed E-state index contributed by atoms with van der Waals surface area (Å²) < 4.78 is 51.1. The van der Waals surface area contributed by atoms with E-state index in [1.54, 1.807) is 6.07 Å². The van der Waals surface area contributed by atoms with E-state index >= 15 is 0 Å². The van der Waals surface area contributed by atoms with Crippen LogP contribution in [0.3, 0.4) is 0 Å². The van der Waals surface area contributed by atoms with Gasteiger partial charge >= 0.3 is 12.4 Å². The van der Waals surface area contributed by atoms with Crippen molar-refractivity contribution in [2.24, 2.45) is 0 Å². The van der Waals surface area contributed by atoms with E-state index in [4.69, 9.17) is 9.47 Å². The van der Waals surface area contributed by atoms with Crippen LogP contribution in [0.5, 0.6) is 11.5 Å². The highest BCUT2D eigenvalue weighted by molar-refractivity contribution is 6.01. The average molecular weight is 496 g/mol. The monoisotopic (exact) mass is 496 g/mol. The molecule has 0 aliphatic carbocycles. The maximum absolute atomic E-state index is 12.6. The van der Waals surface area contributed by atoms with Gasteiger partial charge in [-0.2, -0.15) is 0 Å². The summed E-state index contributed by atoms with van der Waals surface area (Å²) in [4.78, 5) is 27.1. The molecule has 12 heteroatoms. The summed E-state index contributed by atoms with van der Waals surface area (Å²) in [6, 6.07) is 8.67. The molecule has 1 fully saturated rings. The van der Waals surface area contributed by atoms with Crippen molar-refractivity contribution in [3.63, 3.8) is 0 Å². The number of hydrogen-bond donors (Lipinski definition) is 3. The lowest BCUT2D eigenvalue weighted by atomic mass is 10.1. The Balaban J connectivity index is 1.49. The van der Waals surface area contributed by atoms with Gasteiger partial charge in [0.25, 0.3) is 5.91 Å². The summed E-state index contributed by atoms with van der Waals surface area (Å²) in [5, 5.41) is 7.95. The summed E-state index contributed by atoms with van der Waals surface area (Å²) in [6.07, 6.45) is -3.99. The standard InChI is InChI=1S/C23H27F3N4O5/c1-33-20-15-17(29-22(32)28-16-3-6-18(7-4-16)35-23(24,25)26)5-8-19(20)21(31)27-9-2-10-30-11-13-34-14-12-30/h3-8,15H,2,9-14H2,1H3,(H,27,31)(H2,28,29,32). The van der Waals surface area contributed by atoms with Crippen molar-refractivity contribution in [2.75, 3.05) is 57.1 Å². The minimum Gasteiger partial charge on any atom is -0.496 e. The second kappa shape index (κ2) is 12.3. The first kappa shape index (κ1) is 26.1. The van der Waals surface area contributed by atoms with Gasteiger partial charge in [0.1, 0.15) is 11.5 Å². The van der Waals surface area contributed by atoms with Gasteiger partial charge in [-0.1, -0.05) is 0 Å². The van der Waals surface area contributed by atoms with Crippen molar-refractivity contribution in [2.45, 2.75) is 12.8 Å². The van der Waals surface area contributed by atoms with E-state index in [1.165, 1.54) is 31.4 Å². The lowest BCUT2D eigenvalue weighted by molar-refractivity contribution is -0.274. The summed E-state index contributed by atoms with van der Waals surface area (Å²) >= 11 is 0. The van der Waals surface area contributed by atoms with E-state index in [0.717, 1.165) is 51.4 Å². The third-order valence-corrected chi connectivity index (χ3v) is 5.09. The summed E-state index contributed by atoms with van der Waals surface area (Å²) in [7, 11) is 1.42. The molecule has 35 heavy (non-hydrogen) atoms. The Hall–Kier alpha value is -3.51. The number of urea groups is 1. The fourth-order valence-corrected chi connectivity index (χ4v) is 3.41.